The zero-order valence-electron chi connectivity index (χ0n) is 11.7. The molecule has 1 aromatic carbocycles. The second-order valence-electron chi connectivity index (χ2n) is 5.57. The van der Waals surface area contributed by atoms with Crippen LogP contribution in [0.3, 0.4) is 0 Å². The van der Waals surface area contributed by atoms with Crippen molar-refractivity contribution in [2.24, 2.45) is 5.41 Å². The molecule has 6 heteroatoms. The lowest BCUT2D eigenvalue weighted by atomic mass is 9.84. The number of nitrogen functional groups attached to an aromatic ring is 1. The van der Waals surface area contributed by atoms with E-state index < -0.39 is 15.8 Å². The van der Waals surface area contributed by atoms with Crippen LogP contribution < -0.4 is 10.5 Å². The summed E-state index contributed by atoms with van der Waals surface area (Å²) in [5, 5.41) is 0. The molecule has 112 valence electrons. The molecule has 3 N–H and O–H groups in total. The number of benzene rings is 1. The van der Waals surface area contributed by atoms with Crippen LogP contribution in [0.15, 0.2) is 23.1 Å². The number of nitrogens with two attached hydrogens (primary N) is 1. The van der Waals surface area contributed by atoms with Gasteiger partial charge in [-0.1, -0.05) is 19.8 Å². The third-order valence-corrected chi connectivity index (χ3v) is 5.79. The molecule has 0 aromatic heterocycles. The van der Waals surface area contributed by atoms with E-state index in [1.807, 2.05) is 0 Å². The summed E-state index contributed by atoms with van der Waals surface area (Å²) in [6.45, 7) is 2.51. The van der Waals surface area contributed by atoms with Crippen LogP contribution in [0.5, 0.6) is 0 Å². The second-order valence-corrected chi connectivity index (χ2v) is 7.30. The molecule has 0 amide bonds. The van der Waals surface area contributed by atoms with E-state index in [-0.39, 0.29) is 16.0 Å². The van der Waals surface area contributed by atoms with Gasteiger partial charge < -0.3 is 5.73 Å². The topological polar surface area (TPSA) is 72.2 Å². The van der Waals surface area contributed by atoms with Gasteiger partial charge in [0, 0.05) is 6.54 Å². The van der Waals surface area contributed by atoms with Gasteiger partial charge in [-0.2, -0.15) is 0 Å². The molecule has 1 aliphatic rings. The Balaban J connectivity index is 2.15. The van der Waals surface area contributed by atoms with Gasteiger partial charge in [-0.05, 0) is 42.9 Å². The fourth-order valence-corrected chi connectivity index (χ4v) is 4.14. The van der Waals surface area contributed by atoms with Crippen LogP contribution in [-0.4, -0.2) is 15.0 Å². The van der Waals surface area contributed by atoms with Crippen LogP contribution >= 0.6 is 0 Å². The van der Waals surface area contributed by atoms with Crippen molar-refractivity contribution < 1.29 is 12.8 Å². The SMILES string of the molecule is CCC1(CNS(=O)(=O)c2ccc(F)cc2N)CCCC1. The van der Waals surface area contributed by atoms with Gasteiger partial charge in [0.15, 0.2) is 0 Å². The number of rotatable bonds is 5. The summed E-state index contributed by atoms with van der Waals surface area (Å²) in [5.41, 5.74) is 5.59. The third-order valence-electron chi connectivity index (χ3n) is 4.31. The molecule has 1 fully saturated rings. The Morgan fingerprint density at radius 2 is 2.00 bits per heavy atom. The summed E-state index contributed by atoms with van der Waals surface area (Å²) in [5.74, 6) is -0.540. The quantitative estimate of drug-likeness (QED) is 0.821. The first kappa shape index (κ1) is 15.3. The van der Waals surface area contributed by atoms with E-state index in [0.29, 0.717) is 6.54 Å². The molecule has 0 unspecified atom stereocenters. The van der Waals surface area contributed by atoms with Gasteiger partial charge in [0.25, 0.3) is 0 Å². The Morgan fingerprint density at radius 1 is 1.35 bits per heavy atom. The highest BCUT2D eigenvalue weighted by atomic mass is 32.2. The Morgan fingerprint density at radius 3 is 2.55 bits per heavy atom. The molecule has 0 radical (unpaired) electrons. The maximum absolute atomic E-state index is 13.0. The Bertz CT molecular complexity index is 581. The van der Waals surface area contributed by atoms with Gasteiger partial charge in [0.05, 0.1) is 5.69 Å². The summed E-state index contributed by atoms with van der Waals surface area (Å²) >= 11 is 0. The largest absolute Gasteiger partial charge is 0.398 e. The highest BCUT2D eigenvalue weighted by Gasteiger charge is 2.33. The minimum Gasteiger partial charge on any atom is -0.398 e. The third kappa shape index (κ3) is 3.12. The molecule has 1 aliphatic carbocycles. The summed E-state index contributed by atoms with van der Waals surface area (Å²) in [7, 11) is -3.69. The minimum absolute atomic E-state index is 0.0526. The fraction of sp³-hybridized carbons (Fsp3) is 0.571. The number of sulfonamides is 1. The molecule has 1 saturated carbocycles. The predicted molar refractivity (Wildman–Crippen MR) is 77.2 cm³/mol. The van der Waals surface area contributed by atoms with E-state index in [0.717, 1.165) is 44.2 Å². The molecule has 0 saturated heterocycles. The van der Waals surface area contributed by atoms with Gasteiger partial charge in [-0.25, -0.2) is 17.5 Å². The van der Waals surface area contributed by atoms with Crippen LogP contribution in [0.25, 0.3) is 0 Å². The highest BCUT2D eigenvalue weighted by molar-refractivity contribution is 7.89. The Labute approximate surface area is 119 Å². The van der Waals surface area contributed by atoms with Crippen molar-refractivity contribution in [2.45, 2.75) is 43.9 Å². The Hall–Kier alpha value is -1.14. The zero-order valence-corrected chi connectivity index (χ0v) is 12.5. The monoisotopic (exact) mass is 300 g/mol. The lowest BCUT2D eigenvalue weighted by molar-refractivity contribution is 0.285. The van der Waals surface area contributed by atoms with Gasteiger partial charge in [0.2, 0.25) is 10.0 Å². The van der Waals surface area contributed by atoms with Crippen molar-refractivity contribution in [3.8, 4) is 0 Å². The lowest BCUT2D eigenvalue weighted by Crippen LogP contribution is -2.35. The Kier molecular flexibility index (Phi) is 4.34. The summed E-state index contributed by atoms with van der Waals surface area (Å²) < 4.78 is 40.2. The maximum atomic E-state index is 13.0. The summed E-state index contributed by atoms with van der Waals surface area (Å²) in [6.07, 6.45) is 5.34. The van der Waals surface area contributed by atoms with Crippen molar-refractivity contribution in [3.05, 3.63) is 24.0 Å². The molecule has 4 nitrogen and oxygen atoms in total. The molecule has 0 bridgehead atoms. The van der Waals surface area contributed by atoms with Crippen LogP contribution in [0.4, 0.5) is 10.1 Å². The number of hydrogen-bond acceptors (Lipinski definition) is 3. The molecule has 2 rings (SSSR count). The van der Waals surface area contributed by atoms with Crippen molar-refractivity contribution in [1.29, 1.82) is 0 Å². The van der Waals surface area contributed by atoms with Crippen molar-refractivity contribution in [3.63, 3.8) is 0 Å². The van der Waals surface area contributed by atoms with Crippen molar-refractivity contribution in [2.75, 3.05) is 12.3 Å². The fourth-order valence-electron chi connectivity index (χ4n) is 2.87. The van der Waals surface area contributed by atoms with E-state index >= 15 is 0 Å². The highest BCUT2D eigenvalue weighted by Crippen LogP contribution is 2.40. The lowest BCUT2D eigenvalue weighted by Gasteiger charge is -2.27. The first-order chi connectivity index (χ1) is 9.38. The van der Waals surface area contributed by atoms with Gasteiger partial charge >= 0.3 is 0 Å². The molecule has 0 aliphatic heterocycles. The molecular formula is C14H21FN2O2S. The molecule has 20 heavy (non-hydrogen) atoms. The van der Waals surface area contributed by atoms with Crippen molar-refractivity contribution in [1.82, 2.24) is 4.72 Å². The number of halogens is 1. The second kappa shape index (κ2) is 5.69. The van der Waals surface area contributed by atoms with Crippen LogP contribution in [0.1, 0.15) is 39.0 Å². The minimum atomic E-state index is -3.69. The van der Waals surface area contributed by atoms with Gasteiger partial charge in [0.1, 0.15) is 10.7 Å². The summed E-state index contributed by atoms with van der Waals surface area (Å²) in [6, 6.07) is 3.34. The molecule has 0 spiro atoms. The van der Waals surface area contributed by atoms with E-state index in [2.05, 4.69) is 11.6 Å². The predicted octanol–water partition coefficient (Wildman–Crippen LogP) is 2.66. The van der Waals surface area contributed by atoms with Gasteiger partial charge in [-0.3, -0.25) is 0 Å². The number of hydrogen-bond donors (Lipinski definition) is 2. The summed E-state index contributed by atoms with van der Waals surface area (Å²) in [4.78, 5) is -0.0526. The number of nitrogens with one attached hydrogen (secondary N) is 1. The van der Waals surface area contributed by atoms with E-state index in [9.17, 15) is 12.8 Å². The average Bonchev–Trinajstić information content (AvgIpc) is 2.85. The van der Waals surface area contributed by atoms with Crippen LogP contribution in [-0.2, 0) is 10.0 Å². The normalized spacial score (nSPS) is 18.3. The van der Waals surface area contributed by atoms with Gasteiger partial charge in [-0.15, -0.1) is 0 Å². The smallest absolute Gasteiger partial charge is 0.242 e. The maximum Gasteiger partial charge on any atom is 0.242 e. The van der Waals surface area contributed by atoms with Crippen LogP contribution in [0, 0.1) is 11.2 Å². The number of anilines is 1. The zero-order chi connectivity index (χ0) is 14.8. The van der Waals surface area contributed by atoms with E-state index in [1.54, 1.807) is 0 Å². The standard InChI is InChI=1S/C14H21FN2O2S/c1-2-14(7-3-4-8-14)10-17-20(18,19)13-6-5-11(15)9-12(13)16/h5-6,9,17H,2-4,7-8,10,16H2,1H3. The van der Waals surface area contributed by atoms with Crippen molar-refractivity contribution >= 4 is 15.7 Å². The first-order valence-corrected chi connectivity index (χ1v) is 8.42. The molecule has 0 heterocycles. The van der Waals surface area contributed by atoms with Crippen LogP contribution in [0.2, 0.25) is 0 Å². The molecular weight excluding hydrogens is 279 g/mol. The van der Waals surface area contributed by atoms with E-state index in [1.165, 1.54) is 6.07 Å². The average molecular weight is 300 g/mol. The van der Waals surface area contributed by atoms with E-state index in [4.69, 9.17) is 5.73 Å². The molecule has 0 atom stereocenters. The molecule has 1 aromatic rings. The first-order valence-electron chi connectivity index (χ1n) is 6.93.